The Balaban J connectivity index is 1.58. The van der Waals surface area contributed by atoms with Crippen molar-refractivity contribution in [1.29, 1.82) is 0 Å². The second-order valence-corrected chi connectivity index (χ2v) is 11.7. The molecule has 0 aromatic heterocycles. The Hall–Kier alpha value is -0.650. The summed E-state index contributed by atoms with van der Waals surface area (Å²) in [4.78, 5) is 11.8. The molecule has 30 heavy (non-hydrogen) atoms. The molecule has 0 heterocycles. The highest BCUT2D eigenvalue weighted by atomic mass is 16.3. The van der Waals surface area contributed by atoms with Crippen LogP contribution in [0.1, 0.15) is 78.6 Å². The third-order valence-electron chi connectivity index (χ3n) is 10.6. The van der Waals surface area contributed by atoms with Crippen LogP contribution in [0.4, 0.5) is 0 Å². The van der Waals surface area contributed by atoms with Crippen molar-refractivity contribution in [2.24, 2.45) is 46.3 Å². The third-order valence-corrected chi connectivity index (χ3v) is 10.6. The van der Waals surface area contributed by atoms with Crippen LogP contribution in [0.5, 0.6) is 0 Å². The van der Waals surface area contributed by atoms with Crippen molar-refractivity contribution < 1.29 is 20.1 Å². The summed E-state index contributed by atoms with van der Waals surface area (Å²) in [6.45, 7) is 6.90. The summed E-state index contributed by atoms with van der Waals surface area (Å²) < 4.78 is 0. The maximum absolute atomic E-state index is 11.8. The van der Waals surface area contributed by atoms with Gasteiger partial charge in [0.05, 0.1) is 18.3 Å². The number of rotatable bonds is 4. The average molecular weight is 422 g/mol. The lowest BCUT2D eigenvalue weighted by molar-refractivity contribution is -0.207. The van der Waals surface area contributed by atoms with Gasteiger partial charge in [0.15, 0.2) is 0 Å². The van der Waals surface area contributed by atoms with Gasteiger partial charge in [-0.2, -0.15) is 0 Å². The van der Waals surface area contributed by atoms with Crippen LogP contribution >= 0.6 is 0 Å². The van der Waals surface area contributed by atoms with Crippen LogP contribution < -0.4 is 5.32 Å². The fourth-order valence-corrected chi connectivity index (χ4v) is 8.82. The van der Waals surface area contributed by atoms with Gasteiger partial charge in [0.1, 0.15) is 0 Å². The lowest BCUT2D eigenvalue weighted by Crippen LogP contribution is -2.62. The number of aliphatic hydroxyl groups excluding tert-OH is 3. The molecule has 1 unspecified atom stereocenters. The van der Waals surface area contributed by atoms with E-state index in [9.17, 15) is 20.1 Å². The monoisotopic (exact) mass is 421 g/mol. The lowest BCUT2D eigenvalue weighted by Gasteiger charge is -2.63. The summed E-state index contributed by atoms with van der Waals surface area (Å²) in [5.41, 5.74) is -0.0595. The summed E-state index contributed by atoms with van der Waals surface area (Å²) in [5, 5.41) is 35.8. The Morgan fingerprint density at radius 1 is 1.07 bits per heavy atom. The van der Waals surface area contributed by atoms with Gasteiger partial charge in [0, 0.05) is 13.5 Å². The third kappa shape index (κ3) is 3.34. The molecule has 0 aliphatic heterocycles. The van der Waals surface area contributed by atoms with E-state index in [0.717, 1.165) is 51.4 Å². The number of hydrogen-bond acceptors (Lipinski definition) is 4. The van der Waals surface area contributed by atoms with Gasteiger partial charge in [-0.1, -0.05) is 20.8 Å². The first-order chi connectivity index (χ1) is 14.1. The van der Waals surface area contributed by atoms with Gasteiger partial charge in [-0.15, -0.1) is 0 Å². The predicted octanol–water partition coefficient (Wildman–Crippen LogP) is 3.11. The molecule has 4 saturated carbocycles. The van der Waals surface area contributed by atoms with Crippen molar-refractivity contribution in [2.75, 3.05) is 7.05 Å². The largest absolute Gasteiger partial charge is 0.393 e. The van der Waals surface area contributed by atoms with Crippen molar-refractivity contribution in [2.45, 2.75) is 96.9 Å². The van der Waals surface area contributed by atoms with Crippen LogP contribution in [-0.4, -0.2) is 46.6 Å². The lowest BCUT2D eigenvalue weighted by atomic mass is 9.43. The Bertz CT molecular complexity index is 655. The van der Waals surface area contributed by atoms with E-state index in [1.54, 1.807) is 7.05 Å². The quantitative estimate of drug-likeness (QED) is 0.561. The van der Waals surface area contributed by atoms with E-state index in [1.165, 1.54) is 0 Å². The molecule has 5 heteroatoms. The molecule has 4 fully saturated rings. The molecule has 0 saturated heterocycles. The summed E-state index contributed by atoms with van der Waals surface area (Å²) in [5.74, 6) is 2.17. The number of aliphatic hydroxyl groups is 3. The van der Waals surface area contributed by atoms with Crippen LogP contribution in [0.3, 0.4) is 0 Å². The van der Waals surface area contributed by atoms with Crippen molar-refractivity contribution in [3.63, 3.8) is 0 Å². The minimum absolute atomic E-state index is 0.0898. The highest BCUT2D eigenvalue weighted by Gasteiger charge is 2.65. The zero-order valence-corrected chi connectivity index (χ0v) is 19.3. The molecule has 4 aliphatic carbocycles. The van der Waals surface area contributed by atoms with E-state index in [-0.39, 0.29) is 41.0 Å². The molecule has 4 N–H and O–H groups in total. The maximum atomic E-state index is 11.8. The fraction of sp³-hybridized carbons (Fsp3) is 0.960. The first-order valence-electron chi connectivity index (χ1n) is 12.4. The SMILES string of the molecule is CNC(=O)CC[C@@H](C)[C@H]1CC[C@H]2[C@H]3C(C[C@H](O)[C@]12C)[C@@]1(C)CC[C@@H](O)C[C@H]1C[C@H]3O. The molecule has 0 radical (unpaired) electrons. The van der Waals surface area contributed by atoms with Crippen LogP contribution in [0.15, 0.2) is 0 Å². The highest BCUT2D eigenvalue weighted by Crippen LogP contribution is 2.68. The van der Waals surface area contributed by atoms with E-state index >= 15 is 0 Å². The number of amides is 1. The van der Waals surface area contributed by atoms with Gasteiger partial charge in [-0.25, -0.2) is 0 Å². The molecule has 0 spiro atoms. The molecule has 0 bridgehead atoms. The molecule has 0 aromatic rings. The molecule has 0 aromatic carbocycles. The normalized spacial score (nSPS) is 51.4. The zero-order valence-electron chi connectivity index (χ0n) is 19.3. The summed E-state index contributed by atoms with van der Waals surface area (Å²) >= 11 is 0. The van der Waals surface area contributed by atoms with E-state index in [4.69, 9.17) is 0 Å². The second kappa shape index (κ2) is 8.04. The predicted molar refractivity (Wildman–Crippen MR) is 116 cm³/mol. The molecule has 11 atom stereocenters. The molecule has 4 aliphatic rings. The number of hydrogen-bond donors (Lipinski definition) is 4. The molecule has 172 valence electrons. The second-order valence-electron chi connectivity index (χ2n) is 11.7. The van der Waals surface area contributed by atoms with E-state index in [0.29, 0.717) is 36.0 Å². The van der Waals surface area contributed by atoms with Crippen molar-refractivity contribution >= 4 is 5.91 Å². The Labute approximate surface area is 182 Å². The smallest absolute Gasteiger partial charge is 0.219 e. The topological polar surface area (TPSA) is 89.8 Å². The average Bonchev–Trinajstić information content (AvgIpc) is 3.06. The summed E-state index contributed by atoms with van der Waals surface area (Å²) in [7, 11) is 1.69. The van der Waals surface area contributed by atoms with E-state index < -0.39 is 0 Å². The molecule has 4 rings (SSSR count). The number of nitrogens with one attached hydrogen (secondary N) is 1. The number of fused-ring (bicyclic) bond motifs is 5. The Morgan fingerprint density at radius 3 is 2.50 bits per heavy atom. The van der Waals surface area contributed by atoms with Crippen molar-refractivity contribution in [1.82, 2.24) is 5.32 Å². The van der Waals surface area contributed by atoms with E-state index in [2.05, 4.69) is 26.1 Å². The van der Waals surface area contributed by atoms with Gasteiger partial charge in [-0.05, 0) is 97.7 Å². The van der Waals surface area contributed by atoms with E-state index in [1.807, 2.05) is 0 Å². The van der Waals surface area contributed by atoms with Gasteiger partial charge >= 0.3 is 0 Å². The van der Waals surface area contributed by atoms with Gasteiger partial charge < -0.3 is 20.6 Å². The Morgan fingerprint density at radius 2 is 1.80 bits per heavy atom. The number of carbonyl (C=O) groups excluding carboxylic acids is 1. The van der Waals surface area contributed by atoms with Crippen molar-refractivity contribution in [3.8, 4) is 0 Å². The molecule has 1 amide bonds. The first-order valence-corrected chi connectivity index (χ1v) is 12.4. The molecule has 5 nitrogen and oxygen atoms in total. The highest BCUT2D eigenvalue weighted by molar-refractivity contribution is 5.75. The van der Waals surface area contributed by atoms with Crippen LogP contribution in [0.25, 0.3) is 0 Å². The van der Waals surface area contributed by atoms with Gasteiger partial charge in [0.25, 0.3) is 0 Å². The Kier molecular flexibility index (Phi) is 6.04. The standard InChI is InChI=1S/C25H43NO4/c1-14(5-8-22(30)26-4)17-6-7-18-23-19(13-21(29)25(17,18)3)24(2)10-9-16(27)11-15(24)12-20(23)28/h14-21,23,27-29H,5-13H2,1-4H3,(H,26,30)/t14-,15+,16-,17-,18+,19?,20-,21+,23+,24+,25-/m1/s1. The van der Waals surface area contributed by atoms with Gasteiger partial charge in [-0.3, -0.25) is 4.79 Å². The zero-order chi connectivity index (χ0) is 21.8. The van der Waals surface area contributed by atoms with Crippen LogP contribution in [-0.2, 0) is 4.79 Å². The number of carbonyl (C=O) groups is 1. The molecular formula is C25H43NO4. The minimum Gasteiger partial charge on any atom is -0.393 e. The van der Waals surface area contributed by atoms with Crippen molar-refractivity contribution in [3.05, 3.63) is 0 Å². The maximum Gasteiger partial charge on any atom is 0.219 e. The summed E-state index contributed by atoms with van der Waals surface area (Å²) in [6, 6.07) is 0. The van der Waals surface area contributed by atoms with Crippen LogP contribution in [0.2, 0.25) is 0 Å². The summed E-state index contributed by atoms with van der Waals surface area (Å²) in [6.07, 6.45) is 6.88. The van der Waals surface area contributed by atoms with Gasteiger partial charge in [0.2, 0.25) is 5.91 Å². The minimum atomic E-state index is -0.353. The fourth-order valence-electron chi connectivity index (χ4n) is 8.82. The first kappa shape index (κ1) is 22.5. The molecular weight excluding hydrogens is 378 g/mol. The van der Waals surface area contributed by atoms with Crippen LogP contribution in [0, 0.1) is 46.3 Å².